The first-order valence-corrected chi connectivity index (χ1v) is 6.34. The third-order valence-corrected chi connectivity index (χ3v) is 3.23. The van der Waals surface area contributed by atoms with Gasteiger partial charge in [-0.05, 0) is 42.8 Å². The molecule has 0 radical (unpaired) electrons. The number of halogens is 2. The van der Waals surface area contributed by atoms with E-state index in [4.69, 9.17) is 0 Å². The summed E-state index contributed by atoms with van der Waals surface area (Å²) in [4.78, 5) is 7.67. The molecule has 0 fully saturated rings. The van der Waals surface area contributed by atoms with Gasteiger partial charge in [0.05, 0.1) is 11.0 Å². The lowest BCUT2D eigenvalue weighted by atomic mass is 10.2. The Morgan fingerprint density at radius 2 is 2.00 bits per heavy atom. The fourth-order valence-electron chi connectivity index (χ4n) is 1.95. The van der Waals surface area contributed by atoms with Crippen LogP contribution in [-0.2, 0) is 0 Å². The van der Waals surface area contributed by atoms with Crippen LogP contribution in [0.5, 0.6) is 0 Å². The van der Waals surface area contributed by atoms with Gasteiger partial charge in [-0.3, -0.25) is 0 Å². The first-order chi connectivity index (χ1) is 8.61. The molecule has 1 heterocycles. The van der Waals surface area contributed by atoms with Gasteiger partial charge >= 0.3 is 0 Å². The van der Waals surface area contributed by atoms with Gasteiger partial charge in [0, 0.05) is 10.0 Å². The van der Waals surface area contributed by atoms with Crippen molar-refractivity contribution in [3.8, 4) is 11.4 Å². The van der Waals surface area contributed by atoms with Crippen molar-refractivity contribution in [2.75, 3.05) is 0 Å². The van der Waals surface area contributed by atoms with Crippen LogP contribution in [0.2, 0.25) is 0 Å². The largest absolute Gasteiger partial charge is 0.338 e. The quantitative estimate of drug-likeness (QED) is 0.707. The molecule has 0 bridgehead atoms. The van der Waals surface area contributed by atoms with Crippen molar-refractivity contribution in [2.45, 2.75) is 6.92 Å². The van der Waals surface area contributed by atoms with Gasteiger partial charge in [0.25, 0.3) is 0 Å². The molecule has 1 aromatic heterocycles. The Hall–Kier alpha value is -1.68. The summed E-state index contributed by atoms with van der Waals surface area (Å²) in [7, 11) is 0. The molecule has 0 spiro atoms. The first-order valence-electron chi connectivity index (χ1n) is 5.55. The normalized spacial score (nSPS) is 11.1. The van der Waals surface area contributed by atoms with Gasteiger partial charge in [0.15, 0.2) is 0 Å². The molecule has 0 saturated heterocycles. The Kier molecular flexibility index (Phi) is 2.67. The topological polar surface area (TPSA) is 28.7 Å². The standard InChI is InChI=1S/C14H10BrFN2/c1-8-2-3-12-13(4-8)18-14(17-12)9-5-10(15)7-11(16)6-9/h2-7H,1H3,(H,17,18). The maximum absolute atomic E-state index is 13.4. The lowest BCUT2D eigenvalue weighted by Crippen LogP contribution is -1.83. The third kappa shape index (κ3) is 2.04. The van der Waals surface area contributed by atoms with E-state index in [0.717, 1.165) is 22.2 Å². The van der Waals surface area contributed by atoms with Crippen LogP contribution in [0.15, 0.2) is 40.9 Å². The number of nitrogens with one attached hydrogen (secondary N) is 1. The first kappa shape index (κ1) is 11.4. The van der Waals surface area contributed by atoms with Gasteiger partial charge in [-0.25, -0.2) is 9.37 Å². The van der Waals surface area contributed by atoms with E-state index in [2.05, 4.69) is 25.9 Å². The molecule has 1 N–H and O–H groups in total. The summed E-state index contributed by atoms with van der Waals surface area (Å²) in [6.45, 7) is 2.03. The molecule has 4 heteroatoms. The second kappa shape index (κ2) is 4.21. The van der Waals surface area contributed by atoms with Crippen molar-refractivity contribution in [3.63, 3.8) is 0 Å². The van der Waals surface area contributed by atoms with E-state index < -0.39 is 0 Å². The minimum atomic E-state index is -0.281. The summed E-state index contributed by atoms with van der Waals surface area (Å²) in [5.41, 5.74) is 3.75. The molecule has 0 aliphatic carbocycles. The van der Waals surface area contributed by atoms with Gasteiger partial charge in [0.1, 0.15) is 11.6 Å². The average molecular weight is 305 g/mol. The molecule has 0 aliphatic heterocycles. The summed E-state index contributed by atoms with van der Waals surface area (Å²) in [5.74, 6) is 0.395. The number of rotatable bonds is 1. The van der Waals surface area contributed by atoms with E-state index in [1.807, 2.05) is 31.2 Å². The van der Waals surface area contributed by atoms with E-state index in [9.17, 15) is 4.39 Å². The van der Waals surface area contributed by atoms with Crippen LogP contribution in [0.4, 0.5) is 4.39 Å². The molecule has 0 amide bonds. The zero-order valence-electron chi connectivity index (χ0n) is 9.67. The number of benzene rings is 2. The predicted octanol–water partition coefficient (Wildman–Crippen LogP) is 4.44. The van der Waals surface area contributed by atoms with Crippen LogP contribution in [0.3, 0.4) is 0 Å². The lowest BCUT2D eigenvalue weighted by Gasteiger charge is -1.98. The Bertz CT molecular complexity index is 713. The highest BCUT2D eigenvalue weighted by Gasteiger charge is 2.07. The summed E-state index contributed by atoms with van der Waals surface area (Å²) >= 11 is 3.28. The van der Waals surface area contributed by atoms with Gasteiger partial charge < -0.3 is 4.98 Å². The summed E-state index contributed by atoms with van der Waals surface area (Å²) in [6.07, 6.45) is 0. The SMILES string of the molecule is Cc1ccc2nc(-c3cc(F)cc(Br)c3)[nH]c2c1. The van der Waals surface area contributed by atoms with E-state index in [-0.39, 0.29) is 5.82 Å². The number of aryl methyl sites for hydroxylation is 1. The van der Waals surface area contributed by atoms with Crippen molar-refractivity contribution in [1.29, 1.82) is 0 Å². The molecular weight excluding hydrogens is 295 g/mol. The maximum atomic E-state index is 13.4. The van der Waals surface area contributed by atoms with Crippen LogP contribution in [0, 0.1) is 12.7 Å². The maximum Gasteiger partial charge on any atom is 0.138 e. The fourth-order valence-corrected chi connectivity index (χ4v) is 2.42. The number of imidazole rings is 1. The molecule has 90 valence electrons. The molecule has 0 saturated carbocycles. The average Bonchev–Trinajstić information content (AvgIpc) is 2.70. The second-order valence-electron chi connectivity index (χ2n) is 4.26. The van der Waals surface area contributed by atoms with Gasteiger partial charge in [0.2, 0.25) is 0 Å². The van der Waals surface area contributed by atoms with Gasteiger partial charge in [-0.1, -0.05) is 22.0 Å². The van der Waals surface area contributed by atoms with Crippen LogP contribution in [0.25, 0.3) is 22.4 Å². The van der Waals surface area contributed by atoms with Crippen molar-refractivity contribution in [1.82, 2.24) is 9.97 Å². The van der Waals surface area contributed by atoms with E-state index in [1.54, 1.807) is 0 Å². The van der Waals surface area contributed by atoms with Gasteiger partial charge in [-0.2, -0.15) is 0 Å². The van der Waals surface area contributed by atoms with Crippen LogP contribution in [-0.4, -0.2) is 9.97 Å². The minimum Gasteiger partial charge on any atom is -0.338 e. The molecule has 2 nitrogen and oxygen atoms in total. The van der Waals surface area contributed by atoms with Crippen molar-refractivity contribution >= 4 is 27.0 Å². The Balaban J connectivity index is 2.19. The number of aromatic nitrogens is 2. The number of nitrogens with zero attached hydrogens (tertiary/aromatic N) is 1. The van der Waals surface area contributed by atoms with Crippen molar-refractivity contribution < 1.29 is 4.39 Å². The molecule has 0 aliphatic rings. The van der Waals surface area contributed by atoms with E-state index in [1.165, 1.54) is 12.1 Å². The second-order valence-corrected chi connectivity index (χ2v) is 5.18. The molecule has 2 aromatic carbocycles. The van der Waals surface area contributed by atoms with E-state index >= 15 is 0 Å². The minimum absolute atomic E-state index is 0.281. The number of hydrogen-bond acceptors (Lipinski definition) is 1. The van der Waals surface area contributed by atoms with Crippen molar-refractivity contribution in [3.05, 3.63) is 52.3 Å². The molecule has 0 atom stereocenters. The molecular formula is C14H10BrFN2. The number of H-pyrrole nitrogens is 1. The van der Waals surface area contributed by atoms with E-state index in [0.29, 0.717) is 10.3 Å². The smallest absolute Gasteiger partial charge is 0.138 e. The van der Waals surface area contributed by atoms with Crippen LogP contribution >= 0.6 is 15.9 Å². The number of fused-ring (bicyclic) bond motifs is 1. The number of hydrogen-bond donors (Lipinski definition) is 1. The molecule has 3 rings (SSSR count). The third-order valence-electron chi connectivity index (χ3n) is 2.77. The summed E-state index contributed by atoms with van der Waals surface area (Å²) in [5, 5.41) is 0. The molecule has 18 heavy (non-hydrogen) atoms. The zero-order valence-corrected chi connectivity index (χ0v) is 11.3. The Morgan fingerprint density at radius 1 is 1.17 bits per heavy atom. The number of aromatic amines is 1. The Labute approximate surface area is 112 Å². The summed E-state index contributed by atoms with van der Waals surface area (Å²) in [6, 6.07) is 10.7. The lowest BCUT2D eigenvalue weighted by molar-refractivity contribution is 0.627. The molecule has 3 aromatic rings. The van der Waals surface area contributed by atoms with Crippen LogP contribution < -0.4 is 0 Å². The highest BCUT2D eigenvalue weighted by atomic mass is 79.9. The predicted molar refractivity (Wildman–Crippen MR) is 73.9 cm³/mol. The van der Waals surface area contributed by atoms with Gasteiger partial charge in [-0.15, -0.1) is 0 Å². The zero-order chi connectivity index (χ0) is 12.7. The van der Waals surface area contributed by atoms with Crippen LogP contribution in [0.1, 0.15) is 5.56 Å². The highest BCUT2D eigenvalue weighted by Crippen LogP contribution is 2.25. The summed E-state index contributed by atoms with van der Waals surface area (Å²) < 4.78 is 14.1. The fraction of sp³-hybridized carbons (Fsp3) is 0.0714. The molecule has 0 unspecified atom stereocenters. The highest BCUT2D eigenvalue weighted by molar-refractivity contribution is 9.10. The monoisotopic (exact) mass is 304 g/mol. The Morgan fingerprint density at radius 3 is 2.78 bits per heavy atom. The van der Waals surface area contributed by atoms with Crippen molar-refractivity contribution in [2.24, 2.45) is 0 Å².